The average Bonchev–Trinajstić information content (AvgIpc) is 2.99. The van der Waals surface area contributed by atoms with Gasteiger partial charge in [0, 0.05) is 11.3 Å². The summed E-state index contributed by atoms with van der Waals surface area (Å²) < 4.78 is 0. The molecule has 0 saturated heterocycles. The highest BCUT2D eigenvalue weighted by Crippen LogP contribution is 2.79. The van der Waals surface area contributed by atoms with Crippen LogP contribution < -0.4 is 0 Å². The molecule has 4 rings (SSSR count). The Morgan fingerprint density at radius 2 is 1.94 bits per heavy atom. The number of benzene rings is 1. The fourth-order valence-electron chi connectivity index (χ4n) is 4.44. The van der Waals surface area contributed by atoms with E-state index in [0.29, 0.717) is 5.92 Å². The van der Waals surface area contributed by atoms with Gasteiger partial charge in [-0.25, -0.2) is 0 Å². The highest BCUT2D eigenvalue weighted by molar-refractivity contribution is 6.28. The lowest BCUT2D eigenvalue weighted by Gasteiger charge is -2.27. The number of alkyl halides is 1. The van der Waals surface area contributed by atoms with Crippen LogP contribution in [0, 0.1) is 5.41 Å². The van der Waals surface area contributed by atoms with Crippen molar-refractivity contribution in [3.63, 3.8) is 0 Å². The third-order valence-corrected chi connectivity index (χ3v) is 6.07. The van der Waals surface area contributed by atoms with Gasteiger partial charge >= 0.3 is 0 Å². The van der Waals surface area contributed by atoms with Crippen LogP contribution in [0.3, 0.4) is 0 Å². The first-order valence-electron chi connectivity index (χ1n) is 6.80. The summed E-state index contributed by atoms with van der Waals surface area (Å²) >= 11 is 6.89. The molecule has 1 N–H and O–H groups in total. The Kier molecular flexibility index (Phi) is 2.09. The van der Waals surface area contributed by atoms with Crippen LogP contribution in [-0.2, 0) is 6.42 Å². The molecule has 1 nitrogen and oxygen atoms in total. The number of hydrogen-bond donors (Lipinski definition) is 1. The van der Waals surface area contributed by atoms with Crippen molar-refractivity contribution < 1.29 is 5.11 Å². The monoisotopic (exact) mass is 260 g/mol. The number of rotatable bonds is 0. The highest BCUT2D eigenvalue weighted by Gasteiger charge is 2.78. The molecule has 0 unspecified atom stereocenters. The van der Waals surface area contributed by atoms with Gasteiger partial charge in [0.1, 0.15) is 0 Å². The summed E-state index contributed by atoms with van der Waals surface area (Å²) in [6.45, 7) is 0. The van der Waals surface area contributed by atoms with E-state index in [9.17, 15) is 5.11 Å². The minimum Gasteiger partial charge on any atom is -0.392 e. The zero-order valence-corrected chi connectivity index (χ0v) is 11.0. The Hall–Kier alpha value is -0.790. The second kappa shape index (κ2) is 3.40. The summed E-state index contributed by atoms with van der Waals surface area (Å²) in [4.78, 5) is -0.238. The van der Waals surface area contributed by atoms with Gasteiger partial charge in [0.05, 0.1) is 11.0 Å². The molecule has 0 bridgehead atoms. The summed E-state index contributed by atoms with van der Waals surface area (Å²) in [5, 5.41) is 10.6. The zero-order valence-electron chi connectivity index (χ0n) is 10.3. The van der Waals surface area contributed by atoms with Gasteiger partial charge in [-0.1, -0.05) is 36.4 Å². The Labute approximate surface area is 112 Å². The third kappa shape index (κ3) is 1.08. The summed E-state index contributed by atoms with van der Waals surface area (Å²) in [7, 11) is 0. The number of hydrogen-bond acceptors (Lipinski definition) is 1. The van der Waals surface area contributed by atoms with Crippen molar-refractivity contribution in [2.24, 2.45) is 5.41 Å². The predicted octanol–water partition coefficient (Wildman–Crippen LogP) is 3.40. The van der Waals surface area contributed by atoms with Crippen molar-refractivity contribution in [3.05, 3.63) is 47.5 Å². The molecule has 0 aromatic heterocycles. The predicted molar refractivity (Wildman–Crippen MR) is 72.9 cm³/mol. The average molecular weight is 261 g/mol. The van der Waals surface area contributed by atoms with Gasteiger partial charge < -0.3 is 5.11 Å². The maximum Gasteiger partial charge on any atom is 0.0646 e. The molecule has 3 aliphatic rings. The molecule has 4 atom stereocenters. The molecule has 1 aromatic rings. The van der Waals surface area contributed by atoms with E-state index in [4.69, 9.17) is 11.6 Å². The van der Waals surface area contributed by atoms with E-state index >= 15 is 0 Å². The molecule has 1 aromatic carbocycles. The Balaban J connectivity index is 1.90. The van der Waals surface area contributed by atoms with Gasteiger partial charge in [-0.05, 0) is 36.8 Å². The lowest BCUT2D eigenvalue weighted by molar-refractivity contribution is 0.0767. The number of aliphatic hydroxyl groups excluding tert-OH is 1. The van der Waals surface area contributed by atoms with Crippen molar-refractivity contribution in [1.82, 2.24) is 0 Å². The third-order valence-electron chi connectivity index (χ3n) is 5.35. The van der Waals surface area contributed by atoms with E-state index in [1.807, 2.05) is 0 Å². The molecule has 0 amide bonds. The first-order chi connectivity index (χ1) is 8.70. The van der Waals surface area contributed by atoms with Gasteiger partial charge in [0.2, 0.25) is 0 Å². The molecule has 1 spiro atoms. The number of halogens is 1. The fraction of sp³-hybridized carbons (Fsp3) is 0.500. The van der Waals surface area contributed by atoms with Gasteiger partial charge in [-0.3, -0.25) is 0 Å². The summed E-state index contributed by atoms with van der Waals surface area (Å²) in [6, 6.07) is 8.60. The SMILES string of the molecule is O[C@H]1CCc2ccccc2[C@H]2[C@]13CC=CC[C@]23Cl. The topological polar surface area (TPSA) is 20.2 Å². The van der Waals surface area contributed by atoms with Crippen molar-refractivity contribution in [3.8, 4) is 0 Å². The smallest absolute Gasteiger partial charge is 0.0646 e. The number of aliphatic hydroxyl groups is 1. The van der Waals surface area contributed by atoms with Crippen molar-refractivity contribution in [2.45, 2.75) is 42.6 Å². The van der Waals surface area contributed by atoms with Crippen LogP contribution in [0.2, 0.25) is 0 Å². The van der Waals surface area contributed by atoms with Crippen LogP contribution in [0.25, 0.3) is 0 Å². The van der Waals surface area contributed by atoms with Gasteiger partial charge in [-0.2, -0.15) is 0 Å². The van der Waals surface area contributed by atoms with Gasteiger partial charge in [-0.15, -0.1) is 11.6 Å². The van der Waals surface area contributed by atoms with Crippen LogP contribution in [0.1, 0.15) is 36.3 Å². The molecule has 1 fully saturated rings. The summed E-state index contributed by atoms with van der Waals surface area (Å²) in [5.74, 6) is 0.329. The van der Waals surface area contributed by atoms with Crippen LogP contribution in [0.15, 0.2) is 36.4 Å². The molecular weight excluding hydrogens is 244 g/mol. The summed E-state index contributed by atoms with van der Waals surface area (Å²) in [6.07, 6.45) is 7.76. The molecule has 0 heterocycles. The quantitative estimate of drug-likeness (QED) is 0.560. The molecule has 2 heteroatoms. The number of fused-ring (bicyclic) bond motifs is 3. The van der Waals surface area contributed by atoms with E-state index in [0.717, 1.165) is 25.7 Å². The Morgan fingerprint density at radius 3 is 2.83 bits per heavy atom. The minimum atomic E-state index is -0.266. The lowest BCUT2D eigenvalue weighted by atomic mass is 9.85. The zero-order chi connectivity index (χ0) is 12.4. The van der Waals surface area contributed by atoms with E-state index in [2.05, 4.69) is 36.4 Å². The molecule has 0 radical (unpaired) electrons. The molecule has 94 valence electrons. The van der Waals surface area contributed by atoms with Crippen LogP contribution >= 0.6 is 11.6 Å². The fourth-order valence-corrected chi connectivity index (χ4v) is 5.10. The molecule has 18 heavy (non-hydrogen) atoms. The van der Waals surface area contributed by atoms with E-state index in [1.54, 1.807) is 0 Å². The molecule has 3 aliphatic carbocycles. The van der Waals surface area contributed by atoms with E-state index in [1.165, 1.54) is 11.1 Å². The molecule has 1 saturated carbocycles. The number of aryl methyl sites for hydroxylation is 1. The first-order valence-corrected chi connectivity index (χ1v) is 7.18. The normalized spacial score (nSPS) is 44.6. The van der Waals surface area contributed by atoms with E-state index in [-0.39, 0.29) is 16.4 Å². The van der Waals surface area contributed by atoms with Crippen molar-refractivity contribution in [1.29, 1.82) is 0 Å². The maximum absolute atomic E-state index is 10.6. The van der Waals surface area contributed by atoms with Crippen molar-refractivity contribution >= 4 is 11.6 Å². The second-order valence-electron chi connectivity index (χ2n) is 5.97. The number of allylic oxidation sites excluding steroid dienone is 2. The molecule has 0 aliphatic heterocycles. The standard InChI is InChI=1S/C16H17ClO/c17-16-10-4-3-9-15(16)13(18)8-7-11-5-1-2-6-12(11)14(15)16/h1-6,13-14,18H,7-10H2/t13-,14-,15-,16-/m0/s1. The maximum atomic E-state index is 10.6. The second-order valence-corrected chi connectivity index (χ2v) is 6.64. The van der Waals surface area contributed by atoms with Gasteiger partial charge in [0.15, 0.2) is 0 Å². The minimum absolute atomic E-state index is 0.101. The van der Waals surface area contributed by atoms with Crippen LogP contribution in [-0.4, -0.2) is 16.1 Å². The largest absolute Gasteiger partial charge is 0.392 e. The summed E-state index contributed by atoms with van der Waals surface area (Å²) in [5.41, 5.74) is 2.66. The first kappa shape index (κ1) is 11.1. The Morgan fingerprint density at radius 1 is 1.17 bits per heavy atom. The van der Waals surface area contributed by atoms with Crippen LogP contribution in [0.4, 0.5) is 0 Å². The Bertz CT molecular complexity index is 538. The van der Waals surface area contributed by atoms with E-state index < -0.39 is 0 Å². The highest BCUT2D eigenvalue weighted by atomic mass is 35.5. The van der Waals surface area contributed by atoms with Crippen LogP contribution in [0.5, 0.6) is 0 Å². The molecular formula is C16H17ClO. The lowest BCUT2D eigenvalue weighted by Crippen LogP contribution is -2.30. The van der Waals surface area contributed by atoms with Crippen molar-refractivity contribution in [2.75, 3.05) is 0 Å². The van der Waals surface area contributed by atoms with Gasteiger partial charge in [0.25, 0.3) is 0 Å².